The Morgan fingerprint density at radius 1 is 1.10 bits per heavy atom. The van der Waals surface area contributed by atoms with Crippen molar-refractivity contribution in [2.75, 3.05) is 6.54 Å². The normalized spacial score (nSPS) is 15.5. The van der Waals surface area contributed by atoms with Crippen molar-refractivity contribution < 1.29 is 9.59 Å². The standard InChI is InChI=1S/C17H24N2O2/c1-13(20)18-12-11-14-7-9-15(10-8-14)17(21)19-16-5-3-2-4-6-16/h7-10,16H,2-6,11-12H2,1H3,(H,18,20)(H,19,21). The molecule has 0 bridgehead atoms. The van der Waals surface area contributed by atoms with E-state index in [9.17, 15) is 9.59 Å². The minimum atomic E-state index is -0.0153. The summed E-state index contributed by atoms with van der Waals surface area (Å²) in [6, 6.07) is 7.98. The Kier molecular flexibility index (Phi) is 5.78. The minimum absolute atomic E-state index is 0.0153. The lowest BCUT2D eigenvalue weighted by Gasteiger charge is -2.22. The maximum Gasteiger partial charge on any atom is 0.251 e. The average Bonchev–Trinajstić information content (AvgIpc) is 2.48. The van der Waals surface area contributed by atoms with Gasteiger partial charge in [-0.25, -0.2) is 0 Å². The molecule has 4 heteroatoms. The highest BCUT2D eigenvalue weighted by molar-refractivity contribution is 5.94. The van der Waals surface area contributed by atoms with Gasteiger partial charge in [0.25, 0.3) is 5.91 Å². The number of hydrogen-bond donors (Lipinski definition) is 2. The molecule has 0 aliphatic heterocycles. The minimum Gasteiger partial charge on any atom is -0.356 e. The number of amides is 2. The Bertz CT molecular complexity index is 476. The fourth-order valence-electron chi connectivity index (χ4n) is 2.72. The van der Waals surface area contributed by atoms with Crippen LogP contribution in [0.1, 0.15) is 54.9 Å². The van der Waals surface area contributed by atoms with Crippen LogP contribution in [-0.4, -0.2) is 24.4 Å². The molecule has 0 aromatic heterocycles. The van der Waals surface area contributed by atoms with E-state index < -0.39 is 0 Å². The molecule has 0 saturated heterocycles. The first-order valence-corrected chi connectivity index (χ1v) is 7.79. The van der Waals surface area contributed by atoms with Gasteiger partial charge in [0, 0.05) is 25.1 Å². The molecule has 2 N–H and O–H groups in total. The number of benzene rings is 1. The van der Waals surface area contributed by atoms with Gasteiger partial charge in [0.2, 0.25) is 5.91 Å². The first-order chi connectivity index (χ1) is 10.1. The monoisotopic (exact) mass is 288 g/mol. The quantitative estimate of drug-likeness (QED) is 0.874. The fourth-order valence-corrected chi connectivity index (χ4v) is 2.72. The highest BCUT2D eigenvalue weighted by Crippen LogP contribution is 2.18. The molecule has 21 heavy (non-hydrogen) atoms. The summed E-state index contributed by atoms with van der Waals surface area (Å²) >= 11 is 0. The van der Waals surface area contributed by atoms with E-state index in [1.54, 1.807) is 0 Å². The summed E-state index contributed by atoms with van der Waals surface area (Å²) in [5.41, 5.74) is 1.84. The molecular weight excluding hydrogens is 264 g/mol. The van der Waals surface area contributed by atoms with Crippen LogP contribution in [0.4, 0.5) is 0 Å². The van der Waals surface area contributed by atoms with Crippen molar-refractivity contribution in [3.8, 4) is 0 Å². The van der Waals surface area contributed by atoms with Gasteiger partial charge in [0.05, 0.1) is 0 Å². The maximum atomic E-state index is 12.2. The first kappa shape index (κ1) is 15.5. The van der Waals surface area contributed by atoms with Crippen LogP contribution < -0.4 is 10.6 Å². The molecule has 1 aliphatic rings. The predicted molar refractivity (Wildman–Crippen MR) is 83.2 cm³/mol. The van der Waals surface area contributed by atoms with Crippen LogP contribution in [0.3, 0.4) is 0 Å². The van der Waals surface area contributed by atoms with Gasteiger partial charge in [-0.05, 0) is 37.0 Å². The number of hydrogen-bond acceptors (Lipinski definition) is 2. The largest absolute Gasteiger partial charge is 0.356 e. The third-order valence-corrected chi connectivity index (χ3v) is 3.94. The zero-order chi connectivity index (χ0) is 15.1. The number of carbonyl (C=O) groups is 2. The number of rotatable bonds is 5. The third kappa shape index (κ3) is 5.21. The van der Waals surface area contributed by atoms with Gasteiger partial charge in [-0.2, -0.15) is 0 Å². The van der Waals surface area contributed by atoms with Crippen molar-refractivity contribution in [1.29, 1.82) is 0 Å². The molecule has 0 radical (unpaired) electrons. The van der Waals surface area contributed by atoms with Crippen molar-refractivity contribution in [2.45, 2.75) is 51.5 Å². The van der Waals surface area contributed by atoms with Gasteiger partial charge in [-0.3, -0.25) is 9.59 Å². The molecular formula is C17H24N2O2. The van der Waals surface area contributed by atoms with Gasteiger partial charge < -0.3 is 10.6 Å². The van der Waals surface area contributed by atoms with Gasteiger partial charge in [0.15, 0.2) is 0 Å². The second-order valence-corrected chi connectivity index (χ2v) is 5.74. The summed E-state index contributed by atoms with van der Waals surface area (Å²) in [5, 5.41) is 5.88. The van der Waals surface area contributed by atoms with Crippen LogP contribution in [-0.2, 0) is 11.2 Å². The van der Waals surface area contributed by atoms with Crippen LogP contribution in [0.2, 0.25) is 0 Å². The molecule has 0 heterocycles. The second-order valence-electron chi connectivity index (χ2n) is 5.74. The van der Waals surface area contributed by atoms with E-state index >= 15 is 0 Å². The van der Waals surface area contributed by atoms with Gasteiger partial charge in [0.1, 0.15) is 0 Å². The van der Waals surface area contributed by atoms with Gasteiger partial charge in [-0.15, -0.1) is 0 Å². The Morgan fingerprint density at radius 2 is 1.76 bits per heavy atom. The molecule has 0 unspecified atom stereocenters. The summed E-state index contributed by atoms with van der Waals surface area (Å²) in [7, 11) is 0. The SMILES string of the molecule is CC(=O)NCCc1ccc(C(=O)NC2CCCCC2)cc1. The Hall–Kier alpha value is -1.84. The number of nitrogens with one attached hydrogen (secondary N) is 2. The molecule has 1 saturated carbocycles. The first-order valence-electron chi connectivity index (χ1n) is 7.79. The van der Waals surface area contributed by atoms with E-state index in [1.165, 1.54) is 26.2 Å². The molecule has 1 aliphatic carbocycles. The van der Waals surface area contributed by atoms with Crippen LogP contribution in [0.5, 0.6) is 0 Å². The molecule has 114 valence electrons. The smallest absolute Gasteiger partial charge is 0.251 e. The third-order valence-electron chi connectivity index (χ3n) is 3.94. The molecule has 1 aromatic carbocycles. The topological polar surface area (TPSA) is 58.2 Å². The summed E-state index contributed by atoms with van der Waals surface area (Å²) in [4.78, 5) is 23.0. The highest BCUT2D eigenvalue weighted by Gasteiger charge is 2.16. The fraction of sp³-hybridized carbons (Fsp3) is 0.529. The van der Waals surface area contributed by atoms with Crippen LogP contribution in [0.25, 0.3) is 0 Å². The van der Waals surface area contributed by atoms with Crippen LogP contribution in [0, 0.1) is 0 Å². The van der Waals surface area contributed by atoms with E-state index in [1.807, 2.05) is 24.3 Å². The molecule has 1 fully saturated rings. The van der Waals surface area contributed by atoms with Crippen molar-refractivity contribution in [1.82, 2.24) is 10.6 Å². The van der Waals surface area contributed by atoms with Crippen LogP contribution in [0.15, 0.2) is 24.3 Å². The van der Waals surface area contributed by atoms with E-state index in [0.717, 1.165) is 24.8 Å². The van der Waals surface area contributed by atoms with Crippen molar-refractivity contribution in [3.05, 3.63) is 35.4 Å². The average molecular weight is 288 g/mol. The Balaban J connectivity index is 1.82. The van der Waals surface area contributed by atoms with E-state index in [0.29, 0.717) is 18.2 Å². The molecule has 2 rings (SSSR count). The molecule has 0 spiro atoms. The molecule has 1 aromatic rings. The van der Waals surface area contributed by atoms with Crippen molar-refractivity contribution >= 4 is 11.8 Å². The van der Waals surface area contributed by atoms with Crippen molar-refractivity contribution in [3.63, 3.8) is 0 Å². The Labute approximate surface area is 126 Å². The van der Waals surface area contributed by atoms with E-state index in [4.69, 9.17) is 0 Å². The zero-order valence-corrected chi connectivity index (χ0v) is 12.7. The maximum absolute atomic E-state index is 12.2. The lowest BCUT2D eigenvalue weighted by Crippen LogP contribution is -2.36. The summed E-state index contributed by atoms with van der Waals surface area (Å²) in [6.07, 6.45) is 6.70. The van der Waals surface area contributed by atoms with Gasteiger partial charge in [-0.1, -0.05) is 31.4 Å². The van der Waals surface area contributed by atoms with Gasteiger partial charge >= 0.3 is 0 Å². The summed E-state index contributed by atoms with van der Waals surface area (Å²) in [5.74, 6) is 0.00814. The lowest BCUT2D eigenvalue weighted by molar-refractivity contribution is -0.118. The number of carbonyl (C=O) groups excluding carboxylic acids is 2. The summed E-state index contributed by atoms with van der Waals surface area (Å²) < 4.78 is 0. The van der Waals surface area contributed by atoms with Crippen molar-refractivity contribution in [2.24, 2.45) is 0 Å². The molecule has 2 amide bonds. The predicted octanol–water partition coefficient (Wildman–Crippen LogP) is 2.43. The highest BCUT2D eigenvalue weighted by atomic mass is 16.2. The van der Waals surface area contributed by atoms with E-state index in [-0.39, 0.29) is 11.8 Å². The second kappa shape index (κ2) is 7.81. The lowest BCUT2D eigenvalue weighted by atomic mass is 9.95. The molecule has 0 atom stereocenters. The zero-order valence-electron chi connectivity index (χ0n) is 12.7. The molecule has 4 nitrogen and oxygen atoms in total. The van der Waals surface area contributed by atoms with Crippen LogP contribution >= 0.6 is 0 Å². The summed E-state index contributed by atoms with van der Waals surface area (Å²) in [6.45, 7) is 2.14. The van der Waals surface area contributed by atoms with E-state index in [2.05, 4.69) is 10.6 Å². The Morgan fingerprint density at radius 3 is 2.38 bits per heavy atom.